The van der Waals surface area contributed by atoms with Gasteiger partial charge in [0.15, 0.2) is 0 Å². The highest BCUT2D eigenvalue weighted by Gasteiger charge is 2.54. The third kappa shape index (κ3) is 1.61. The molecule has 1 aliphatic carbocycles. The fourth-order valence-corrected chi connectivity index (χ4v) is 2.06. The van der Waals surface area contributed by atoms with E-state index in [1.54, 1.807) is 6.08 Å². The fourth-order valence-electron chi connectivity index (χ4n) is 1.47. The van der Waals surface area contributed by atoms with E-state index in [4.69, 9.17) is 10.2 Å². The van der Waals surface area contributed by atoms with Crippen molar-refractivity contribution in [2.24, 2.45) is 10.8 Å². The molecular formula is C10H11BrO4. The lowest BCUT2D eigenvalue weighted by Crippen LogP contribution is -2.47. The molecular weight excluding hydrogens is 264 g/mol. The molecule has 0 amide bonds. The van der Waals surface area contributed by atoms with Crippen molar-refractivity contribution >= 4 is 27.9 Å². The average molecular weight is 275 g/mol. The number of carbonyl (C=O) groups is 2. The van der Waals surface area contributed by atoms with Gasteiger partial charge in [0, 0.05) is 4.48 Å². The molecule has 2 N–H and O–H groups in total. The Kier molecular flexibility index (Phi) is 2.78. The first-order valence-corrected chi connectivity index (χ1v) is 5.08. The van der Waals surface area contributed by atoms with Gasteiger partial charge in [-0.05, 0) is 13.8 Å². The quantitative estimate of drug-likeness (QED) is 0.808. The molecule has 0 aliphatic heterocycles. The minimum Gasteiger partial charge on any atom is -0.481 e. The summed E-state index contributed by atoms with van der Waals surface area (Å²) >= 11 is 3.15. The molecule has 15 heavy (non-hydrogen) atoms. The maximum Gasteiger partial charge on any atom is 0.314 e. The molecule has 0 radical (unpaired) electrons. The van der Waals surface area contributed by atoms with Crippen molar-refractivity contribution in [2.45, 2.75) is 13.8 Å². The van der Waals surface area contributed by atoms with Crippen LogP contribution in [-0.4, -0.2) is 22.2 Å². The summed E-state index contributed by atoms with van der Waals surface area (Å²) < 4.78 is 0.575. The normalized spacial score (nSPS) is 34.7. The lowest BCUT2D eigenvalue weighted by molar-refractivity contribution is -0.162. The van der Waals surface area contributed by atoms with E-state index >= 15 is 0 Å². The van der Waals surface area contributed by atoms with Gasteiger partial charge in [-0.1, -0.05) is 34.2 Å². The van der Waals surface area contributed by atoms with E-state index in [9.17, 15) is 9.59 Å². The zero-order valence-corrected chi connectivity index (χ0v) is 9.91. The fraction of sp³-hybridized carbons (Fsp3) is 0.400. The van der Waals surface area contributed by atoms with Gasteiger partial charge in [0.25, 0.3) is 0 Å². The summed E-state index contributed by atoms with van der Waals surface area (Å²) in [6.07, 6.45) is 4.36. The van der Waals surface area contributed by atoms with Crippen LogP contribution in [0, 0.1) is 10.8 Å². The first kappa shape index (κ1) is 12.0. The lowest BCUT2D eigenvalue weighted by Gasteiger charge is -2.38. The Hall–Kier alpha value is -1.10. The largest absolute Gasteiger partial charge is 0.481 e. The molecule has 1 rings (SSSR count). The molecule has 0 saturated carbocycles. The summed E-state index contributed by atoms with van der Waals surface area (Å²) in [7, 11) is 0. The highest BCUT2D eigenvalue weighted by atomic mass is 79.9. The van der Waals surface area contributed by atoms with Gasteiger partial charge in [-0.25, -0.2) is 0 Å². The van der Waals surface area contributed by atoms with Crippen molar-refractivity contribution in [3.63, 3.8) is 0 Å². The maximum absolute atomic E-state index is 11.2. The molecule has 5 heteroatoms. The van der Waals surface area contributed by atoms with Crippen molar-refractivity contribution in [1.29, 1.82) is 0 Å². The van der Waals surface area contributed by atoms with Gasteiger partial charge in [-0.3, -0.25) is 9.59 Å². The van der Waals surface area contributed by atoms with E-state index in [1.165, 1.54) is 26.0 Å². The third-order valence-corrected chi connectivity index (χ3v) is 3.46. The van der Waals surface area contributed by atoms with E-state index in [0.29, 0.717) is 4.48 Å². The highest BCUT2D eigenvalue weighted by Crippen LogP contribution is 2.46. The molecule has 0 fully saturated rings. The second-order valence-corrected chi connectivity index (χ2v) is 4.79. The smallest absolute Gasteiger partial charge is 0.314 e. The Morgan fingerprint density at radius 3 is 2.07 bits per heavy atom. The zero-order chi connectivity index (χ0) is 11.9. The van der Waals surface area contributed by atoms with Gasteiger partial charge in [0.1, 0.15) is 10.8 Å². The molecule has 82 valence electrons. The Labute approximate surface area is 95.4 Å². The highest BCUT2D eigenvalue weighted by molar-refractivity contribution is 9.11. The predicted molar refractivity (Wildman–Crippen MR) is 57.6 cm³/mol. The topological polar surface area (TPSA) is 74.6 Å². The number of carboxylic acid groups (broad SMARTS) is 2. The second kappa shape index (κ2) is 3.48. The van der Waals surface area contributed by atoms with Crippen molar-refractivity contribution in [2.75, 3.05) is 0 Å². The van der Waals surface area contributed by atoms with Crippen LogP contribution in [-0.2, 0) is 9.59 Å². The van der Waals surface area contributed by atoms with Crippen LogP contribution in [0.4, 0.5) is 0 Å². The van der Waals surface area contributed by atoms with Crippen LogP contribution in [0.5, 0.6) is 0 Å². The Bertz CT molecular complexity index is 385. The number of hydrogen-bond acceptors (Lipinski definition) is 2. The van der Waals surface area contributed by atoms with E-state index in [1.807, 2.05) is 0 Å². The minimum absolute atomic E-state index is 0.575. The number of allylic oxidation sites excluding steroid dienone is 2. The van der Waals surface area contributed by atoms with Gasteiger partial charge in [-0.2, -0.15) is 0 Å². The SMILES string of the molecule is CC1(C(=O)O)C=CC(Br)=CC1(C)C(=O)O. The monoisotopic (exact) mass is 274 g/mol. The Balaban J connectivity index is 3.38. The van der Waals surface area contributed by atoms with Gasteiger partial charge >= 0.3 is 11.9 Å². The molecule has 1 aliphatic rings. The number of hydrogen-bond donors (Lipinski definition) is 2. The van der Waals surface area contributed by atoms with Crippen LogP contribution in [0.1, 0.15) is 13.8 Å². The summed E-state index contributed by atoms with van der Waals surface area (Å²) in [6, 6.07) is 0. The molecule has 0 aromatic carbocycles. The van der Waals surface area contributed by atoms with Crippen LogP contribution in [0.2, 0.25) is 0 Å². The summed E-state index contributed by atoms with van der Waals surface area (Å²) in [5.74, 6) is -2.31. The van der Waals surface area contributed by atoms with E-state index in [-0.39, 0.29) is 0 Å². The van der Waals surface area contributed by atoms with Crippen LogP contribution in [0.25, 0.3) is 0 Å². The predicted octanol–water partition coefficient (Wildman–Crippen LogP) is 2.02. The van der Waals surface area contributed by atoms with Crippen molar-refractivity contribution in [3.05, 3.63) is 22.7 Å². The van der Waals surface area contributed by atoms with E-state index in [2.05, 4.69) is 15.9 Å². The van der Waals surface area contributed by atoms with Crippen LogP contribution < -0.4 is 0 Å². The lowest BCUT2D eigenvalue weighted by atomic mass is 9.63. The average Bonchev–Trinajstić information content (AvgIpc) is 2.11. The number of carboxylic acids is 2. The van der Waals surface area contributed by atoms with Gasteiger partial charge in [0.2, 0.25) is 0 Å². The molecule has 0 aromatic rings. The summed E-state index contributed by atoms with van der Waals surface area (Å²) in [6.45, 7) is 2.80. The van der Waals surface area contributed by atoms with Crippen LogP contribution in [0.15, 0.2) is 22.7 Å². The van der Waals surface area contributed by atoms with Gasteiger partial charge < -0.3 is 10.2 Å². The number of halogens is 1. The summed E-state index contributed by atoms with van der Waals surface area (Å²) in [4.78, 5) is 22.3. The van der Waals surface area contributed by atoms with Crippen LogP contribution >= 0.6 is 15.9 Å². The molecule has 0 heterocycles. The molecule has 0 bridgehead atoms. The first-order chi connectivity index (χ1) is 6.74. The van der Waals surface area contributed by atoms with Crippen molar-refractivity contribution in [1.82, 2.24) is 0 Å². The molecule has 4 nitrogen and oxygen atoms in total. The second-order valence-electron chi connectivity index (χ2n) is 3.88. The number of rotatable bonds is 2. The summed E-state index contributed by atoms with van der Waals surface area (Å²) in [5, 5.41) is 18.2. The third-order valence-electron chi connectivity index (χ3n) is 2.97. The van der Waals surface area contributed by atoms with Crippen LogP contribution in [0.3, 0.4) is 0 Å². The summed E-state index contributed by atoms with van der Waals surface area (Å²) in [5.41, 5.74) is -2.89. The minimum atomic E-state index is -1.45. The van der Waals surface area contributed by atoms with Crippen molar-refractivity contribution in [3.8, 4) is 0 Å². The maximum atomic E-state index is 11.2. The van der Waals surface area contributed by atoms with Crippen molar-refractivity contribution < 1.29 is 19.8 Å². The molecule has 2 unspecified atom stereocenters. The molecule has 2 atom stereocenters. The first-order valence-electron chi connectivity index (χ1n) is 4.28. The van der Waals surface area contributed by atoms with Gasteiger partial charge in [-0.15, -0.1) is 0 Å². The standard InChI is InChI=1S/C10H11BrO4/c1-9(7(12)13)4-3-6(11)5-10(9,2)8(14)15/h3-5H,1-2H3,(H,12,13)(H,14,15). The molecule has 0 spiro atoms. The Morgan fingerprint density at radius 1 is 1.20 bits per heavy atom. The number of aliphatic carboxylic acids is 2. The Morgan fingerprint density at radius 2 is 1.67 bits per heavy atom. The van der Waals surface area contributed by atoms with E-state index < -0.39 is 22.8 Å². The van der Waals surface area contributed by atoms with E-state index in [0.717, 1.165) is 0 Å². The molecule has 0 aromatic heterocycles. The zero-order valence-electron chi connectivity index (χ0n) is 8.32. The molecule has 0 saturated heterocycles. The van der Waals surface area contributed by atoms with Gasteiger partial charge in [0.05, 0.1) is 0 Å².